The summed E-state index contributed by atoms with van der Waals surface area (Å²) < 4.78 is 21.2. The Labute approximate surface area is 187 Å². The fraction of sp³-hybridized carbons (Fsp3) is 0.261. The van der Waals surface area contributed by atoms with Crippen LogP contribution in [0.15, 0.2) is 58.7 Å². The number of nitrogens with zero attached hydrogens (tertiary/aromatic N) is 4. The van der Waals surface area contributed by atoms with Crippen molar-refractivity contribution in [1.29, 1.82) is 0 Å². The van der Waals surface area contributed by atoms with Gasteiger partial charge in [0.25, 0.3) is 5.91 Å². The summed E-state index contributed by atoms with van der Waals surface area (Å²) in [5, 5.41) is 1.99. The van der Waals surface area contributed by atoms with Gasteiger partial charge in [0.1, 0.15) is 5.82 Å². The van der Waals surface area contributed by atoms with Crippen LogP contribution in [-0.2, 0) is 11.2 Å². The first kappa shape index (κ1) is 20.4. The van der Waals surface area contributed by atoms with E-state index in [-0.39, 0.29) is 17.6 Å². The van der Waals surface area contributed by atoms with Crippen LogP contribution in [0.4, 0.5) is 4.39 Å². The van der Waals surface area contributed by atoms with Crippen LogP contribution >= 0.6 is 11.3 Å². The van der Waals surface area contributed by atoms with Crippen molar-refractivity contribution in [2.24, 2.45) is 0 Å². The lowest BCUT2D eigenvalue weighted by Crippen LogP contribution is -2.50. The summed E-state index contributed by atoms with van der Waals surface area (Å²) in [6.07, 6.45) is 4.24. The minimum Gasteiger partial charge on any atom is -0.459 e. The van der Waals surface area contributed by atoms with Gasteiger partial charge in [-0.15, -0.1) is 11.3 Å². The maximum Gasteiger partial charge on any atom is 0.289 e. The van der Waals surface area contributed by atoms with Crippen LogP contribution in [0.1, 0.15) is 22.7 Å². The highest BCUT2D eigenvalue weighted by Crippen LogP contribution is 2.26. The number of halogens is 1. The molecule has 3 aromatic heterocycles. The molecule has 9 heteroatoms. The number of benzene rings is 1. The van der Waals surface area contributed by atoms with Crippen molar-refractivity contribution >= 4 is 28.1 Å². The third-order valence-electron chi connectivity index (χ3n) is 5.68. The molecule has 0 radical (unpaired) electrons. The number of carbonyl (C=O) groups is 2. The van der Waals surface area contributed by atoms with Crippen molar-refractivity contribution in [1.82, 2.24) is 19.2 Å². The van der Waals surface area contributed by atoms with Gasteiger partial charge in [-0.3, -0.25) is 14.0 Å². The van der Waals surface area contributed by atoms with Crippen LogP contribution in [-0.4, -0.2) is 57.2 Å². The number of hydrogen-bond acceptors (Lipinski definition) is 5. The van der Waals surface area contributed by atoms with Crippen LogP contribution in [0.25, 0.3) is 16.2 Å². The minimum atomic E-state index is -0.306. The van der Waals surface area contributed by atoms with Gasteiger partial charge in [0.15, 0.2) is 10.7 Å². The highest BCUT2D eigenvalue weighted by Gasteiger charge is 2.26. The Balaban J connectivity index is 1.19. The van der Waals surface area contributed by atoms with Crippen LogP contribution in [0.2, 0.25) is 0 Å². The van der Waals surface area contributed by atoms with Gasteiger partial charge in [0.2, 0.25) is 5.91 Å². The molecule has 1 saturated heterocycles. The fourth-order valence-electron chi connectivity index (χ4n) is 3.92. The summed E-state index contributed by atoms with van der Waals surface area (Å²) in [5.74, 6) is -0.0709. The number of carbonyl (C=O) groups excluding carboxylic acids is 2. The van der Waals surface area contributed by atoms with E-state index < -0.39 is 0 Å². The van der Waals surface area contributed by atoms with Gasteiger partial charge in [-0.1, -0.05) is 12.1 Å². The molecule has 5 rings (SSSR count). The molecule has 0 aliphatic carbocycles. The van der Waals surface area contributed by atoms with E-state index >= 15 is 0 Å². The molecule has 0 saturated carbocycles. The Hall–Kier alpha value is -3.46. The summed E-state index contributed by atoms with van der Waals surface area (Å²) in [4.78, 5) is 33.9. The van der Waals surface area contributed by atoms with Crippen molar-refractivity contribution in [3.8, 4) is 11.3 Å². The zero-order valence-corrected chi connectivity index (χ0v) is 18.1. The van der Waals surface area contributed by atoms with Gasteiger partial charge < -0.3 is 14.2 Å². The zero-order valence-electron chi connectivity index (χ0n) is 17.2. The van der Waals surface area contributed by atoms with E-state index in [1.165, 1.54) is 23.7 Å². The summed E-state index contributed by atoms with van der Waals surface area (Å²) in [6.45, 7) is 1.99. The number of rotatable bonds is 5. The Morgan fingerprint density at radius 2 is 1.84 bits per heavy atom. The number of furan rings is 1. The molecule has 1 aliphatic rings. The third-order valence-corrected chi connectivity index (χ3v) is 6.57. The van der Waals surface area contributed by atoms with E-state index in [1.54, 1.807) is 40.1 Å². The summed E-state index contributed by atoms with van der Waals surface area (Å²) in [5.41, 5.74) is 2.02. The van der Waals surface area contributed by atoms with E-state index in [0.29, 0.717) is 56.0 Å². The minimum absolute atomic E-state index is 0.0592. The van der Waals surface area contributed by atoms with Gasteiger partial charge in [0.05, 0.1) is 12.0 Å². The topological polar surface area (TPSA) is 71.1 Å². The summed E-state index contributed by atoms with van der Waals surface area (Å²) in [7, 11) is 0. The van der Waals surface area contributed by atoms with E-state index in [9.17, 15) is 14.0 Å². The Morgan fingerprint density at radius 1 is 1.06 bits per heavy atom. The SMILES string of the molecule is O=C(CCc1csc2nc(-c3ccccc3F)cn12)N1CCN(C(=O)c2ccco2)CC1. The standard InChI is InChI=1S/C23H21FN4O3S/c24-18-5-2-1-4-17(18)19-14-28-16(15-32-23(28)25-19)7-8-21(29)26-9-11-27(12-10-26)22(30)20-6-3-13-31-20/h1-6,13-15H,7-12H2. The number of fused-ring (bicyclic) bond motifs is 1. The van der Waals surface area contributed by atoms with Gasteiger partial charge >= 0.3 is 0 Å². The van der Waals surface area contributed by atoms with Crippen LogP contribution in [0.5, 0.6) is 0 Å². The summed E-state index contributed by atoms with van der Waals surface area (Å²) >= 11 is 1.48. The number of thiazole rings is 1. The van der Waals surface area contributed by atoms with Crippen LogP contribution in [0, 0.1) is 5.82 Å². The first-order valence-electron chi connectivity index (χ1n) is 10.4. The number of amides is 2. The molecule has 0 atom stereocenters. The average molecular weight is 453 g/mol. The maximum absolute atomic E-state index is 14.1. The molecule has 164 valence electrons. The van der Waals surface area contributed by atoms with E-state index in [0.717, 1.165) is 10.7 Å². The molecule has 4 heterocycles. The Morgan fingerprint density at radius 3 is 2.59 bits per heavy atom. The van der Waals surface area contributed by atoms with E-state index in [4.69, 9.17) is 4.42 Å². The van der Waals surface area contributed by atoms with E-state index in [1.807, 2.05) is 16.0 Å². The van der Waals surface area contributed by atoms with E-state index in [2.05, 4.69) is 4.98 Å². The van der Waals surface area contributed by atoms with Crippen molar-refractivity contribution in [3.05, 3.63) is 71.5 Å². The van der Waals surface area contributed by atoms with Crippen molar-refractivity contribution in [2.75, 3.05) is 26.2 Å². The fourth-order valence-corrected chi connectivity index (χ4v) is 4.82. The van der Waals surface area contributed by atoms with Crippen LogP contribution in [0.3, 0.4) is 0 Å². The van der Waals surface area contributed by atoms with Gasteiger partial charge in [-0.05, 0) is 30.7 Å². The molecule has 0 spiro atoms. The van der Waals surface area contributed by atoms with Crippen LogP contribution < -0.4 is 0 Å². The molecule has 7 nitrogen and oxygen atoms in total. The largest absolute Gasteiger partial charge is 0.459 e. The van der Waals surface area contributed by atoms with Gasteiger partial charge in [-0.2, -0.15) is 0 Å². The van der Waals surface area contributed by atoms with Crippen molar-refractivity contribution in [3.63, 3.8) is 0 Å². The van der Waals surface area contributed by atoms with Crippen molar-refractivity contribution < 1.29 is 18.4 Å². The predicted molar refractivity (Wildman–Crippen MR) is 118 cm³/mol. The lowest BCUT2D eigenvalue weighted by molar-refractivity contribution is -0.132. The third kappa shape index (κ3) is 3.91. The molecule has 4 aromatic rings. The Kier molecular flexibility index (Phi) is 5.48. The molecule has 2 amide bonds. The quantitative estimate of drug-likeness (QED) is 0.463. The normalized spacial score (nSPS) is 14.3. The lowest BCUT2D eigenvalue weighted by Gasteiger charge is -2.34. The molecule has 1 aliphatic heterocycles. The molecule has 0 bridgehead atoms. The monoisotopic (exact) mass is 452 g/mol. The number of hydrogen-bond donors (Lipinski definition) is 0. The first-order valence-corrected chi connectivity index (χ1v) is 11.3. The molecule has 1 aromatic carbocycles. The highest BCUT2D eigenvalue weighted by molar-refractivity contribution is 7.15. The molecule has 1 fully saturated rings. The molecular formula is C23H21FN4O3S. The lowest BCUT2D eigenvalue weighted by atomic mass is 10.1. The van der Waals surface area contributed by atoms with Gasteiger partial charge in [-0.25, -0.2) is 9.37 Å². The zero-order chi connectivity index (χ0) is 22.1. The smallest absolute Gasteiger partial charge is 0.289 e. The van der Waals surface area contributed by atoms with Gasteiger partial charge in [0, 0.05) is 55.4 Å². The highest BCUT2D eigenvalue weighted by atomic mass is 32.1. The number of aryl methyl sites for hydroxylation is 1. The van der Waals surface area contributed by atoms with Crippen molar-refractivity contribution in [2.45, 2.75) is 12.8 Å². The molecule has 32 heavy (non-hydrogen) atoms. The second-order valence-electron chi connectivity index (χ2n) is 7.64. The molecule has 0 unspecified atom stereocenters. The molecular weight excluding hydrogens is 431 g/mol. The first-order chi connectivity index (χ1) is 15.6. The maximum atomic E-state index is 14.1. The molecule has 0 N–H and O–H groups in total. The second kappa shape index (κ2) is 8.58. The summed E-state index contributed by atoms with van der Waals surface area (Å²) in [6, 6.07) is 9.91. The number of imidazole rings is 1. The predicted octanol–water partition coefficient (Wildman–Crippen LogP) is 3.71. The second-order valence-corrected chi connectivity index (χ2v) is 8.47. The number of aromatic nitrogens is 2. The average Bonchev–Trinajstić information content (AvgIpc) is 3.55. The Bertz CT molecular complexity index is 1260. The number of piperazine rings is 1.